The number of benzene rings is 1. The van der Waals surface area contributed by atoms with E-state index < -0.39 is 0 Å². The predicted molar refractivity (Wildman–Crippen MR) is 64.8 cm³/mol. The van der Waals surface area contributed by atoms with Gasteiger partial charge in [-0.2, -0.15) is 0 Å². The molecule has 0 aliphatic heterocycles. The first-order valence-electron chi connectivity index (χ1n) is 4.88. The molecule has 0 aliphatic rings. The highest BCUT2D eigenvalue weighted by molar-refractivity contribution is 6.30. The Morgan fingerprint density at radius 3 is 2.94 bits per heavy atom. The molecule has 0 atom stereocenters. The van der Waals surface area contributed by atoms with Crippen LogP contribution in [0.5, 0.6) is 11.5 Å². The lowest BCUT2D eigenvalue weighted by Crippen LogP contribution is -2.14. The molecule has 86 valence electrons. The number of phenols is 1. The van der Waals surface area contributed by atoms with Crippen molar-refractivity contribution in [3.8, 4) is 23.8 Å². The lowest BCUT2D eigenvalue weighted by atomic mass is 10.2. The summed E-state index contributed by atoms with van der Waals surface area (Å²) in [6, 6.07) is 3.27. The number of methoxy groups -OCH3 is 1. The summed E-state index contributed by atoms with van der Waals surface area (Å²) in [6.07, 6.45) is 5.78. The van der Waals surface area contributed by atoms with Gasteiger partial charge in [0.25, 0.3) is 0 Å². The van der Waals surface area contributed by atoms with Crippen LogP contribution in [0.2, 0.25) is 5.02 Å². The van der Waals surface area contributed by atoms with Gasteiger partial charge >= 0.3 is 0 Å². The summed E-state index contributed by atoms with van der Waals surface area (Å²) in [5.74, 6) is 3.01. The summed E-state index contributed by atoms with van der Waals surface area (Å²) in [7, 11) is 1.49. The topological polar surface area (TPSA) is 41.5 Å². The summed E-state index contributed by atoms with van der Waals surface area (Å²) in [5.41, 5.74) is 0.696. The highest BCUT2D eigenvalue weighted by Crippen LogP contribution is 2.33. The van der Waals surface area contributed by atoms with Gasteiger partial charge in [0.05, 0.1) is 7.11 Å². The number of terminal acetylenes is 1. The first kappa shape index (κ1) is 12.7. The molecule has 0 aliphatic carbocycles. The van der Waals surface area contributed by atoms with Crippen molar-refractivity contribution in [3.05, 3.63) is 22.7 Å². The summed E-state index contributed by atoms with van der Waals surface area (Å²) in [6.45, 7) is 1.20. The third-order valence-electron chi connectivity index (χ3n) is 2.10. The zero-order valence-corrected chi connectivity index (χ0v) is 9.84. The molecular formula is C12H14ClNO2. The Morgan fingerprint density at radius 1 is 1.56 bits per heavy atom. The molecule has 2 N–H and O–H groups in total. The molecule has 4 heteroatoms. The Balaban J connectivity index is 2.72. The van der Waals surface area contributed by atoms with Crippen LogP contribution in [0.25, 0.3) is 0 Å². The van der Waals surface area contributed by atoms with Crippen LogP contribution < -0.4 is 10.1 Å². The van der Waals surface area contributed by atoms with Gasteiger partial charge in [-0.15, -0.1) is 12.3 Å². The van der Waals surface area contributed by atoms with E-state index in [4.69, 9.17) is 22.8 Å². The van der Waals surface area contributed by atoms with E-state index in [1.165, 1.54) is 7.11 Å². The molecule has 0 spiro atoms. The molecule has 3 nitrogen and oxygen atoms in total. The molecule has 0 bridgehead atoms. The second-order valence-corrected chi connectivity index (χ2v) is 3.68. The number of aromatic hydroxyl groups is 1. The van der Waals surface area contributed by atoms with Gasteiger partial charge in [0.2, 0.25) is 0 Å². The van der Waals surface area contributed by atoms with E-state index in [0.717, 1.165) is 0 Å². The number of nitrogens with one attached hydrogen (secondary N) is 1. The smallest absolute Gasteiger partial charge is 0.162 e. The molecule has 16 heavy (non-hydrogen) atoms. The fourth-order valence-corrected chi connectivity index (χ4v) is 1.53. The Kier molecular flexibility index (Phi) is 4.97. The Morgan fingerprint density at radius 2 is 2.31 bits per heavy atom. The molecule has 0 radical (unpaired) electrons. The first-order chi connectivity index (χ1) is 7.69. The normalized spacial score (nSPS) is 9.81. The zero-order chi connectivity index (χ0) is 12.0. The van der Waals surface area contributed by atoms with Crippen LogP contribution in [-0.4, -0.2) is 18.8 Å². The van der Waals surface area contributed by atoms with E-state index in [9.17, 15) is 5.11 Å². The van der Waals surface area contributed by atoms with E-state index in [1.54, 1.807) is 12.1 Å². The third-order valence-corrected chi connectivity index (χ3v) is 2.32. The maximum atomic E-state index is 9.81. The fourth-order valence-electron chi connectivity index (χ4n) is 1.30. The molecule has 0 amide bonds. The van der Waals surface area contributed by atoms with Crippen molar-refractivity contribution >= 4 is 11.6 Å². The molecule has 1 aromatic rings. The van der Waals surface area contributed by atoms with Crippen molar-refractivity contribution in [2.75, 3.05) is 13.7 Å². The molecule has 0 aromatic heterocycles. The minimum atomic E-state index is 0.111. The van der Waals surface area contributed by atoms with Crippen molar-refractivity contribution in [1.29, 1.82) is 0 Å². The maximum absolute atomic E-state index is 9.81. The molecule has 0 saturated carbocycles. The van der Waals surface area contributed by atoms with Crippen LogP contribution in [0.4, 0.5) is 0 Å². The second kappa shape index (κ2) is 6.26. The first-order valence-corrected chi connectivity index (χ1v) is 5.26. The Labute approximate surface area is 100 Å². The minimum Gasteiger partial charge on any atom is -0.504 e. The number of hydrogen-bond donors (Lipinski definition) is 2. The van der Waals surface area contributed by atoms with Crippen LogP contribution in [-0.2, 0) is 6.54 Å². The molecule has 1 aromatic carbocycles. The largest absolute Gasteiger partial charge is 0.504 e. The van der Waals surface area contributed by atoms with E-state index in [-0.39, 0.29) is 5.75 Å². The highest BCUT2D eigenvalue weighted by atomic mass is 35.5. The van der Waals surface area contributed by atoms with E-state index in [0.29, 0.717) is 35.8 Å². The minimum absolute atomic E-state index is 0.111. The van der Waals surface area contributed by atoms with Crippen LogP contribution in [0.15, 0.2) is 12.1 Å². The number of halogens is 1. The van der Waals surface area contributed by atoms with Gasteiger partial charge in [-0.1, -0.05) is 11.6 Å². The van der Waals surface area contributed by atoms with Crippen molar-refractivity contribution < 1.29 is 9.84 Å². The van der Waals surface area contributed by atoms with Crippen LogP contribution in [0, 0.1) is 12.3 Å². The Bertz CT molecular complexity index is 399. The number of phenolic OH excluding ortho intramolecular Hbond substituents is 1. The van der Waals surface area contributed by atoms with Crippen molar-refractivity contribution in [3.63, 3.8) is 0 Å². The molecule has 0 unspecified atom stereocenters. The van der Waals surface area contributed by atoms with Crippen LogP contribution in [0.1, 0.15) is 12.0 Å². The van der Waals surface area contributed by atoms with Gasteiger partial charge in [0.15, 0.2) is 11.5 Å². The van der Waals surface area contributed by atoms with Gasteiger partial charge in [-0.05, 0) is 6.07 Å². The zero-order valence-electron chi connectivity index (χ0n) is 9.09. The van der Waals surface area contributed by atoms with Gasteiger partial charge in [0, 0.05) is 36.2 Å². The monoisotopic (exact) mass is 239 g/mol. The highest BCUT2D eigenvalue weighted by Gasteiger charge is 2.09. The summed E-state index contributed by atoms with van der Waals surface area (Å²) < 4.78 is 5.00. The SMILES string of the molecule is C#CCCNCc1cc(Cl)cc(OC)c1O. The van der Waals surface area contributed by atoms with Gasteiger partial charge in [-0.25, -0.2) is 0 Å². The molecule has 0 heterocycles. The lowest BCUT2D eigenvalue weighted by molar-refractivity contribution is 0.370. The standard InChI is InChI=1S/C12H14ClNO2/c1-3-4-5-14-8-9-6-10(13)7-11(16-2)12(9)15/h1,6-7,14-15H,4-5,8H2,2H3. The second-order valence-electron chi connectivity index (χ2n) is 3.25. The van der Waals surface area contributed by atoms with Gasteiger partial charge in [0.1, 0.15) is 0 Å². The number of rotatable bonds is 5. The molecule has 0 saturated heterocycles. The summed E-state index contributed by atoms with van der Waals surface area (Å²) in [5, 5.41) is 13.4. The fraction of sp³-hybridized carbons (Fsp3) is 0.333. The number of ether oxygens (including phenoxy) is 1. The van der Waals surface area contributed by atoms with E-state index >= 15 is 0 Å². The molecule has 1 rings (SSSR count). The van der Waals surface area contributed by atoms with Crippen LogP contribution in [0.3, 0.4) is 0 Å². The maximum Gasteiger partial charge on any atom is 0.162 e. The molecule has 0 fully saturated rings. The van der Waals surface area contributed by atoms with E-state index in [2.05, 4.69) is 11.2 Å². The van der Waals surface area contributed by atoms with Gasteiger partial charge in [-0.3, -0.25) is 0 Å². The average Bonchev–Trinajstić information content (AvgIpc) is 2.28. The number of hydrogen-bond acceptors (Lipinski definition) is 3. The third kappa shape index (κ3) is 3.34. The average molecular weight is 240 g/mol. The lowest BCUT2D eigenvalue weighted by Gasteiger charge is -2.10. The Hall–Kier alpha value is -1.37. The summed E-state index contributed by atoms with van der Waals surface area (Å²) >= 11 is 5.89. The quantitative estimate of drug-likeness (QED) is 0.611. The van der Waals surface area contributed by atoms with Crippen molar-refractivity contribution in [2.24, 2.45) is 0 Å². The van der Waals surface area contributed by atoms with Crippen LogP contribution >= 0.6 is 11.6 Å². The van der Waals surface area contributed by atoms with Crippen molar-refractivity contribution in [2.45, 2.75) is 13.0 Å². The van der Waals surface area contributed by atoms with E-state index in [1.807, 2.05) is 0 Å². The van der Waals surface area contributed by atoms with Gasteiger partial charge < -0.3 is 15.2 Å². The van der Waals surface area contributed by atoms with Crippen molar-refractivity contribution in [1.82, 2.24) is 5.32 Å². The summed E-state index contributed by atoms with van der Waals surface area (Å²) in [4.78, 5) is 0. The molecular weight excluding hydrogens is 226 g/mol. The predicted octanol–water partition coefficient (Wildman–Crippen LogP) is 2.17.